The third-order valence-corrected chi connectivity index (χ3v) is 5.59. The molecule has 2 rings (SSSR count). The fourth-order valence-corrected chi connectivity index (χ4v) is 3.69. The van der Waals surface area contributed by atoms with E-state index >= 15 is 0 Å². The van der Waals surface area contributed by atoms with Crippen LogP contribution in [0.25, 0.3) is 0 Å². The topological polar surface area (TPSA) is 105 Å². The van der Waals surface area contributed by atoms with Gasteiger partial charge in [0.05, 0.1) is 24.8 Å². The molecule has 0 unspecified atom stereocenters. The number of benzene rings is 2. The highest BCUT2D eigenvalue weighted by atomic mass is 35.5. The third-order valence-electron chi connectivity index (χ3n) is 5.03. The highest BCUT2D eigenvalue weighted by molar-refractivity contribution is 6.35. The van der Waals surface area contributed by atoms with Crippen LogP contribution in [0, 0.1) is 5.92 Å². The van der Waals surface area contributed by atoms with E-state index in [-0.39, 0.29) is 34.4 Å². The minimum Gasteiger partial charge on any atom is -0.497 e. The Bertz CT molecular complexity index is 1040. The second-order valence-electron chi connectivity index (χ2n) is 8.00. The van der Waals surface area contributed by atoms with E-state index in [1.165, 1.54) is 32.4 Å². The van der Waals surface area contributed by atoms with Crippen LogP contribution in [-0.2, 0) is 16.0 Å². The van der Waals surface area contributed by atoms with Crippen LogP contribution in [-0.4, -0.2) is 48.2 Å². The highest BCUT2D eigenvalue weighted by Gasteiger charge is 2.33. The molecule has 0 fully saturated rings. The average Bonchev–Trinajstić information content (AvgIpc) is 2.80. The molecule has 0 aliphatic rings. The monoisotopic (exact) mass is 510 g/mol. The fraction of sp³-hybridized carbons (Fsp3) is 0.375. The summed E-state index contributed by atoms with van der Waals surface area (Å²) in [6, 6.07) is 8.20. The number of nitrogens with zero attached hydrogens (tertiary/aromatic N) is 1. The Hall–Kier alpha value is -2.97. The van der Waals surface area contributed by atoms with Gasteiger partial charge in [-0.05, 0) is 48.6 Å². The van der Waals surface area contributed by atoms with Gasteiger partial charge in [-0.1, -0.05) is 43.1 Å². The second kappa shape index (κ2) is 12.5. The number of ether oxygens (including phenoxy) is 2. The van der Waals surface area contributed by atoms with Gasteiger partial charge >= 0.3 is 5.97 Å². The molecule has 0 bridgehead atoms. The van der Waals surface area contributed by atoms with Gasteiger partial charge in [-0.15, -0.1) is 0 Å². The van der Waals surface area contributed by atoms with Crippen molar-refractivity contribution in [2.45, 2.75) is 39.2 Å². The summed E-state index contributed by atoms with van der Waals surface area (Å²) in [6.45, 7) is 3.64. The fourth-order valence-electron chi connectivity index (χ4n) is 3.32. The van der Waals surface area contributed by atoms with Crippen molar-refractivity contribution < 1.29 is 29.0 Å². The minimum absolute atomic E-state index is 0.0127. The number of hydrazine groups is 1. The van der Waals surface area contributed by atoms with E-state index in [0.717, 1.165) is 10.6 Å². The molecule has 10 heteroatoms. The summed E-state index contributed by atoms with van der Waals surface area (Å²) in [6.07, 6.45) is 0.385. The Kier molecular flexibility index (Phi) is 10.0. The normalized spacial score (nSPS) is 11.6. The van der Waals surface area contributed by atoms with Crippen molar-refractivity contribution in [1.29, 1.82) is 0 Å². The standard InChI is InChI=1S/C24H28Cl2N2O6/c1-14(2)11-20(24(31)32)28(23(30)18-12-16(25)7-9-19(18)26)27-22(29)10-6-15-5-8-17(33-3)13-21(15)34-4/h5,7-9,12-14,20H,6,10-11H2,1-4H3,(H,27,29)(H,31,32)/t20-/m0/s1. The average molecular weight is 511 g/mol. The van der Waals surface area contributed by atoms with Crippen LogP contribution in [0.2, 0.25) is 10.0 Å². The number of carboxylic acids is 1. The van der Waals surface area contributed by atoms with E-state index in [1.54, 1.807) is 18.2 Å². The van der Waals surface area contributed by atoms with Crippen LogP contribution in [0.15, 0.2) is 36.4 Å². The number of carboxylic acid groups (broad SMARTS) is 1. The molecule has 184 valence electrons. The molecule has 2 aromatic rings. The molecule has 2 N–H and O–H groups in total. The summed E-state index contributed by atoms with van der Waals surface area (Å²) in [7, 11) is 3.05. The molecule has 0 aliphatic carbocycles. The van der Waals surface area contributed by atoms with Crippen molar-refractivity contribution >= 4 is 41.0 Å². The molecule has 2 amide bonds. The maximum absolute atomic E-state index is 13.3. The zero-order valence-corrected chi connectivity index (χ0v) is 20.9. The predicted molar refractivity (Wildman–Crippen MR) is 130 cm³/mol. The molecule has 0 radical (unpaired) electrons. The molecular formula is C24H28Cl2N2O6. The van der Waals surface area contributed by atoms with Crippen LogP contribution in [0.4, 0.5) is 0 Å². The summed E-state index contributed by atoms with van der Waals surface area (Å²) in [5, 5.41) is 11.0. The molecule has 2 aromatic carbocycles. The van der Waals surface area contributed by atoms with Crippen LogP contribution >= 0.6 is 23.2 Å². The van der Waals surface area contributed by atoms with Gasteiger partial charge in [0.2, 0.25) is 5.91 Å². The lowest BCUT2D eigenvalue weighted by atomic mass is 10.0. The Morgan fingerprint density at radius 2 is 1.76 bits per heavy atom. The number of rotatable bonds is 10. The van der Waals surface area contributed by atoms with Gasteiger partial charge in [-0.25, -0.2) is 9.80 Å². The van der Waals surface area contributed by atoms with E-state index in [2.05, 4.69) is 5.43 Å². The van der Waals surface area contributed by atoms with Crippen LogP contribution in [0.5, 0.6) is 11.5 Å². The van der Waals surface area contributed by atoms with Gasteiger partial charge in [-0.2, -0.15) is 0 Å². The Morgan fingerprint density at radius 1 is 1.06 bits per heavy atom. The summed E-state index contributed by atoms with van der Waals surface area (Å²) >= 11 is 12.2. The summed E-state index contributed by atoms with van der Waals surface area (Å²) < 4.78 is 10.5. The molecule has 0 aromatic heterocycles. The van der Waals surface area contributed by atoms with Gasteiger partial charge in [-0.3, -0.25) is 15.0 Å². The van der Waals surface area contributed by atoms with E-state index in [0.29, 0.717) is 17.9 Å². The lowest BCUT2D eigenvalue weighted by Crippen LogP contribution is -2.55. The largest absolute Gasteiger partial charge is 0.497 e. The molecule has 0 saturated carbocycles. The molecule has 0 aliphatic heterocycles. The molecule has 0 heterocycles. The van der Waals surface area contributed by atoms with Crippen LogP contribution in [0.3, 0.4) is 0 Å². The molecule has 34 heavy (non-hydrogen) atoms. The van der Waals surface area contributed by atoms with Crippen molar-refractivity contribution in [3.05, 3.63) is 57.6 Å². The first-order valence-corrected chi connectivity index (χ1v) is 11.3. The molecular weight excluding hydrogens is 483 g/mol. The van der Waals surface area contributed by atoms with Crippen molar-refractivity contribution in [2.24, 2.45) is 5.92 Å². The molecule has 0 spiro atoms. The molecule has 0 saturated heterocycles. The Balaban J connectivity index is 2.28. The number of methoxy groups -OCH3 is 2. The Morgan fingerprint density at radius 3 is 2.35 bits per heavy atom. The summed E-state index contributed by atoms with van der Waals surface area (Å²) in [5.74, 6) is -1.47. The van der Waals surface area contributed by atoms with Crippen LogP contribution < -0.4 is 14.9 Å². The van der Waals surface area contributed by atoms with E-state index in [9.17, 15) is 19.5 Å². The van der Waals surface area contributed by atoms with Crippen molar-refractivity contribution in [2.75, 3.05) is 14.2 Å². The number of aryl methyl sites for hydroxylation is 1. The maximum atomic E-state index is 13.3. The first kappa shape index (κ1) is 27.3. The number of hydrogen-bond acceptors (Lipinski definition) is 5. The van der Waals surface area contributed by atoms with Crippen molar-refractivity contribution in [1.82, 2.24) is 10.4 Å². The number of halogens is 2. The number of aliphatic carboxylic acids is 1. The maximum Gasteiger partial charge on any atom is 0.328 e. The number of carbonyl (C=O) groups is 3. The predicted octanol–water partition coefficient (Wildman–Crippen LogP) is 4.62. The van der Waals surface area contributed by atoms with E-state index in [4.69, 9.17) is 32.7 Å². The van der Waals surface area contributed by atoms with Crippen molar-refractivity contribution in [3.8, 4) is 11.5 Å². The zero-order chi connectivity index (χ0) is 25.4. The SMILES string of the molecule is COc1ccc(CCC(=O)NN(C(=O)c2cc(Cl)ccc2Cl)[C@@H](CC(C)C)C(=O)O)c(OC)c1. The van der Waals surface area contributed by atoms with Crippen LogP contribution in [0.1, 0.15) is 42.6 Å². The quantitative estimate of drug-likeness (QED) is 0.452. The third kappa shape index (κ3) is 7.27. The van der Waals surface area contributed by atoms with E-state index < -0.39 is 23.8 Å². The minimum atomic E-state index is -1.30. The summed E-state index contributed by atoms with van der Waals surface area (Å²) in [4.78, 5) is 38.2. The van der Waals surface area contributed by atoms with E-state index in [1.807, 2.05) is 13.8 Å². The van der Waals surface area contributed by atoms with Crippen molar-refractivity contribution in [3.63, 3.8) is 0 Å². The van der Waals surface area contributed by atoms with Gasteiger partial charge < -0.3 is 14.6 Å². The van der Waals surface area contributed by atoms with Gasteiger partial charge in [0.15, 0.2) is 6.04 Å². The summed E-state index contributed by atoms with van der Waals surface area (Å²) in [5.41, 5.74) is 3.22. The lowest BCUT2D eigenvalue weighted by molar-refractivity contribution is -0.145. The first-order valence-electron chi connectivity index (χ1n) is 10.6. The molecule has 8 nitrogen and oxygen atoms in total. The number of amides is 2. The van der Waals surface area contributed by atoms with Gasteiger partial charge in [0, 0.05) is 17.5 Å². The molecule has 1 atom stereocenters. The number of carbonyl (C=O) groups excluding carboxylic acids is 2. The van der Waals surface area contributed by atoms with Gasteiger partial charge in [0.1, 0.15) is 11.5 Å². The smallest absolute Gasteiger partial charge is 0.328 e. The second-order valence-corrected chi connectivity index (χ2v) is 8.84. The lowest BCUT2D eigenvalue weighted by Gasteiger charge is -2.30. The number of hydrogen-bond donors (Lipinski definition) is 2. The first-order chi connectivity index (χ1) is 16.1. The Labute approximate surface area is 208 Å². The van der Waals surface area contributed by atoms with Gasteiger partial charge in [0.25, 0.3) is 5.91 Å². The zero-order valence-electron chi connectivity index (χ0n) is 19.4. The highest BCUT2D eigenvalue weighted by Crippen LogP contribution is 2.26. The number of nitrogens with one attached hydrogen (secondary N) is 1.